The van der Waals surface area contributed by atoms with Gasteiger partial charge in [-0.2, -0.15) is 5.10 Å². The molecule has 2 aromatic rings. The first-order valence-electron chi connectivity index (χ1n) is 6.52. The number of nitrogens with one attached hydrogen (secondary N) is 2. The molecule has 2 heterocycles. The van der Waals surface area contributed by atoms with Crippen molar-refractivity contribution in [3.05, 3.63) is 28.0 Å². The average Bonchev–Trinajstić information content (AvgIpc) is 3.04. The zero-order chi connectivity index (χ0) is 14.7. The van der Waals surface area contributed by atoms with Crippen molar-refractivity contribution in [3.63, 3.8) is 0 Å². The maximum absolute atomic E-state index is 12.1. The number of H-pyrrole nitrogens is 1. The van der Waals surface area contributed by atoms with Gasteiger partial charge in [-0.1, -0.05) is 20.8 Å². The zero-order valence-corrected chi connectivity index (χ0v) is 12.6. The highest BCUT2D eigenvalue weighted by Crippen LogP contribution is 2.22. The van der Waals surface area contributed by atoms with Crippen molar-refractivity contribution in [3.8, 4) is 0 Å². The van der Waals surface area contributed by atoms with E-state index in [1.807, 2.05) is 26.2 Å². The van der Waals surface area contributed by atoms with Crippen LogP contribution in [0.15, 0.2) is 11.6 Å². The topological polar surface area (TPSA) is 96.7 Å². The summed E-state index contributed by atoms with van der Waals surface area (Å²) in [5, 5.41) is 12.6. The lowest BCUT2D eigenvalue weighted by atomic mass is 10.1. The molecule has 1 atom stereocenters. The Labute approximate surface area is 121 Å². The third-order valence-electron chi connectivity index (χ3n) is 3.07. The summed E-state index contributed by atoms with van der Waals surface area (Å²) >= 11 is 1.58. The second-order valence-corrected chi connectivity index (χ2v) is 5.96. The minimum absolute atomic E-state index is 0.170. The normalized spacial score (nSPS) is 12.6. The summed E-state index contributed by atoms with van der Waals surface area (Å²) in [6.45, 7) is 6.52. The molecule has 1 amide bonds. The lowest BCUT2D eigenvalue weighted by molar-refractivity contribution is 0.0947. The van der Waals surface area contributed by atoms with E-state index in [1.165, 1.54) is 0 Å². The van der Waals surface area contributed by atoms with Crippen LogP contribution >= 0.6 is 11.3 Å². The Balaban J connectivity index is 1.99. The summed E-state index contributed by atoms with van der Waals surface area (Å²) in [4.78, 5) is 16.3. The van der Waals surface area contributed by atoms with E-state index in [4.69, 9.17) is 5.73 Å². The summed E-state index contributed by atoms with van der Waals surface area (Å²) in [5.41, 5.74) is 7.43. The van der Waals surface area contributed by atoms with Gasteiger partial charge >= 0.3 is 0 Å². The van der Waals surface area contributed by atoms with E-state index in [1.54, 1.807) is 17.5 Å². The van der Waals surface area contributed by atoms with E-state index < -0.39 is 0 Å². The molecule has 0 aliphatic carbocycles. The quantitative estimate of drug-likeness (QED) is 0.786. The number of carbonyl (C=O) groups excluding carboxylic acids is 1. The molecule has 0 radical (unpaired) electrons. The van der Waals surface area contributed by atoms with Gasteiger partial charge in [-0.15, -0.1) is 11.3 Å². The van der Waals surface area contributed by atoms with Crippen LogP contribution in [0.4, 0.5) is 5.69 Å². The molecule has 0 saturated carbocycles. The zero-order valence-electron chi connectivity index (χ0n) is 11.8. The van der Waals surface area contributed by atoms with E-state index in [9.17, 15) is 4.79 Å². The van der Waals surface area contributed by atoms with E-state index in [0.29, 0.717) is 12.2 Å². The molecule has 4 N–H and O–H groups in total. The Hall–Kier alpha value is -1.89. The number of thiazole rings is 1. The van der Waals surface area contributed by atoms with Crippen molar-refractivity contribution >= 4 is 22.9 Å². The number of anilines is 1. The number of amides is 1. The Bertz CT molecular complexity index is 576. The maximum Gasteiger partial charge on any atom is 0.273 e. The molecule has 7 heteroatoms. The summed E-state index contributed by atoms with van der Waals surface area (Å²) in [7, 11) is 0. The lowest BCUT2D eigenvalue weighted by Gasteiger charge is -2.09. The van der Waals surface area contributed by atoms with Crippen LogP contribution in [0, 0.1) is 0 Å². The fraction of sp³-hybridized carbons (Fsp3) is 0.462. The van der Waals surface area contributed by atoms with Gasteiger partial charge in [-0.05, 0) is 5.92 Å². The van der Waals surface area contributed by atoms with Crippen molar-refractivity contribution < 1.29 is 4.79 Å². The van der Waals surface area contributed by atoms with Gasteiger partial charge in [-0.3, -0.25) is 9.89 Å². The molecule has 0 spiro atoms. The molecular formula is C13H19N5OS. The second-order valence-electron chi connectivity index (χ2n) is 5.04. The summed E-state index contributed by atoms with van der Waals surface area (Å²) < 4.78 is 0. The number of nitrogens with zero attached hydrogens (tertiary/aromatic N) is 2. The molecule has 0 aliphatic heterocycles. The van der Waals surface area contributed by atoms with Crippen molar-refractivity contribution in [1.29, 1.82) is 0 Å². The lowest BCUT2D eigenvalue weighted by Crippen LogP contribution is -2.28. The fourth-order valence-corrected chi connectivity index (χ4v) is 2.57. The molecular weight excluding hydrogens is 274 g/mol. The molecule has 0 bridgehead atoms. The van der Waals surface area contributed by atoms with Crippen molar-refractivity contribution in [1.82, 2.24) is 20.5 Å². The molecule has 0 aromatic carbocycles. The molecule has 2 rings (SSSR count). The highest BCUT2D eigenvalue weighted by molar-refractivity contribution is 7.09. The summed E-state index contributed by atoms with van der Waals surface area (Å²) in [5.74, 6) is 0.121. The molecule has 0 saturated heterocycles. The van der Waals surface area contributed by atoms with Gasteiger partial charge in [0, 0.05) is 24.0 Å². The first-order chi connectivity index (χ1) is 9.50. The van der Waals surface area contributed by atoms with E-state index in [0.717, 1.165) is 10.7 Å². The van der Waals surface area contributed by atoms with Crippen molar-refractivity contribution in [2.75, 3.05) is 12.3 Å². The number of rotatable bonds is 5. The predicted octanol–water partition coefficient (Wildman–Crippen LogP) is 2.11. The highest BCUT2D eigenvalue weighted by atomic mass is 32.1. The molecule has 2 aromatic heterocycles. The van der Waals surface area contributed by atoms with Gasteiger partial charge in [0.1, 0.15) is 0 Å². The van der Waals surface area contributed by atoms with Crippen LogP contribution < -0.4 is 11.1 Å². The first kappa shape index (κ1) is 14.5. The van der Waals surface area contributed by atoms with Crippen LogP contribution in [0.2, 0.25) is 0 Å². The van der Waals surface area contributed by atoms with Gasteiger partial charge in [0.15, 0.2) is 5.69 Å². The minimum Gasteiger partial charge on any atom is -0.395 e. The summed E-state index contributed by atoms with van der Waals surface area (Å²) in [6, 6.07) is 0. The second kappa shape index (κ2) is 6.04. The van der Waals surface area contributed by atoms with Gasteiger partial charge in [-0.25, -0.2) is 4.98 Å². The van der Waals surface area contributed by atoms with Crippen LogP contribution in [-0.2, 0) is 0 Å². The Kier molecular flexibility index (Phi) is 4.39. The Morgan fingerprint density at radius 3 is 2.80 bits per heavy atom. The van der Waals surface area contributed by atoms with Gasteiger partial charge in [0.25, 0.3) is 5.91 Å². The Morgan fingerprint density at radius 2 is 2.25 bits per heavy atom. The molecule has 1 unspecified atom stereocenters. The van der Waals surface area contributed by atoms with E-state index in [2.05, 4.69) is 20.5 Å². The van der Waals surface area contributed by atoms with Crippen molar-refractivity contribution in [2.24, 2.45) is 0 Å². The molecule has 0 aliphatic rings. The Morgan fingerprint density at radius 1 is 1.50 bits per heavy atom. The third kappa shape index (κ3) is 2.98. The first-order valence-corrected chi connectivity index (χ1v) is 7.40. The van der Waals surface area contributed by atoms with Crippen LogP contribution in [0.5, 0.6) is 0 Å². The smallest absolute Gasteiger partial charge is 0.273 e. The monoisotopic (exact) mass is 293 g/mol. The number of nitrogens with two attached hydrogens (primary N) is 1. The highest BCUT2D eigenvalue weighted by Gasteiger charge is 2.19. The third-order valence-corrected chi connectivity index (χ3v) is 4.07. The van der Waals surface area contributed by atoms with Crippen LogP contribution in [0.1, 0.15) is 53.8 Å². The average molecular weight is 293 g/mol. The molecule has 6 nitrogen and oxygen atoms in total. The van der Waals surface area contributed by atoms with Gasteiger partial charge in [0.2, 0.25) is 0 Å². The standard InChI is InChI=1S/C13H19N5OS/c1-7(2)10-9(14)11(18-17-10)12(19)16-6-8(3)13-15-4-5-20-13/h4-5,7-8H,6,14H2,1-3H3,(H,16,19)(H,17,18). The van der Waals surface area contributed by atoms with Crippen LogP contribution in [-0.4, -0.2) is 27.6 Å². The van der Waals surface area contributed by atoms with Crippen LogP contribution in [0.25, 0.3) is 0 Å². The predicted molar refractivity (Wildman–Crippen MR) is 80.0 cm³/mol. The van der Waals surface area contributed by atoms with E-state index in [-0.39, 0.29) is 23.4 Å². The molecule has 108 valence electrons. The number of nitrogen functional groups attached to an aromatic ring is 1. The maximum atomic E-state index is 12.1. The fourth-order valence-electron chi connectivity index (χ4n) is 1.87. The SMILES string of the molecule is CC(C)c1[nH]nc(C(=O)NCC(C)c2nccs2)c1N. The largest absolute Gasteiger partial charge is 0.395 e. The summed E-state index contributed by atoms with van der Waals surface area (Å²) in [6.07, 6.45) is 1.76. The molecule has 20 heavy (non-hydrogen) atoms. The number of hydrogen-bond donors (Lipinski definition) is 3. The number of hydrogen-bond acceptors (Lipinski definition) is 5. The van der Waals surface area contributed by atoms with E-state index >= 15 is 0 Å². The van der Waals surface area contributed by atoms with Crippen molar-refractivity contribution in [2.45, 2.75) is 32.6 Å². The minimum atomic E-state index is -0.256. The van der Waals surface area contributed by atoms with Crippen LogP contribution in [0.3, 0.4) is 0 Å². The molecule has 0 fully saturated rings. The number of aromatic nitrogens is 3. The number of carbonyl (C=O) groups is 1. The van der Waals surface area contributed by atoms with Gasteiger partial charge < -0.3 is 11.1 Å². The number of aromatic amines is 1. The van der Waals surface area contributed by atoms with Gasteiger partial charge in [0.05, 0.1) is 16.4 Å².